The molecule has 100 valence electrons. The second-order valence-electron chi connectivity index (χ2n) is 4.30. The van der Waals surface area contributed by atoms with Crippen molar-refractivity contribution in [2.24, 2.45) is 0 Å². The third-order valence-corrected chi connectivity index (χ3v) is 3.67. The molecule has 0 aliphatic rings. The topological polar surface area (TPSA) is 63.2 Å². The van der Waals surface area contributed by atoms with E-state index in [1.165, 1.54) is 12.1 Å². The first-order chi connectivity index (χ1) is 8.29. The highest BCUT2D eigenvalue weighted by Crippen LogP contribution is 2.15. The quantitative estimate of drug-likeness (QED) is 0.844. The van der Waals surface area contributed by atoms with E-state index in [2.05, 4.69) is 5.32 Å². The van der Waals surface area contributed by atoms with Gasteiger partial charge in [0.2, 0.25) is 5.91 Å². The minimum absolute atomic E-state index is 0.0148. The number of rotatable bonds is 5. The first-order valence-corrected chi connectivity index (χ1v) is 7.93. The summed E-state index contributed by atoms with van der Waals surface area (Å²) in [7, 11) is 1.53. The van der Waals surface area contributed by atoms with Crippen molar-refractivity contribution in [3.8, 4) is 0 Å². The number of benzene rings is 1. The normalized spacial score (nSPS) is 11.6. The van der Waals surface area contributed by atoms with Crippen LogP contribution < -0.4 is 5.32 Å². The van der Waals surface area contributed by atoms with Gasteiger partial charge in [0.1, 0.15) is 0 Å². The molecule has 1 amide bonds. The van der Waals surface area contributed by atoms with E-state index in [-0.39, 0.29) is 16.8 Å². The Morgan fingerprint density at radius 2 is 1.83 bits per heavy atom. The molecule has 0 saturated carbocycles. The molecule has 0 aromatic heterocycles. The monoisotopic (exact) mass is 289 g/mol. The predicted octanol–water partition coefficient (Wildman–Crippen LogP) is 2.07. The number of halogens is 1. The summed E-state index contributed by atoms with van der Waals surface area (Å²) in [6.45, 7) is 3.80. The molecule has 0 heterocycles. The molecular weight excluding hydrogens is 274 g/mol. The lowest BCUT2D eigenvalue weighted by atomic mass is 10.1. The van der Waals surface area contributed by atoms with Gasteiger partial charge in [-0.05, 0) is 38.0 Å². The highest BCUT2D eigenvalue weighted by molar-refractivity contribution is 8.13. The molecule has 0 radical (unpaired) electrons. The second-order valence-corrected chi connectivity index (χ2v) is 6.87. The molecule has 0 spiro atoms. The Balaban J connectivity index is 2.57. The Labute approximate surface area is 112 Å². The second kappa shape index (κ2) is 6.20. The Hall–Kier alpha value is -1.07. The van der Waals surface area contributed by atoms with Gasteiger partial charge in [0.25, 0.3) is 9.05 Å². The molecule has 0 aliphatic heterocycles. The average Bonchev–Trinajstić information content (AvgIpc) is 2.25. The minimum atomic E-state index is -3.67. The van der Waals surface area contributed by atoms with Gasteiger partial charge in [0.05, 0.1) is 4.90 Å². The summed E-state index contributed by atoms with van der Waals surface area (Å²) in [6, 6.07) is 6.34. The number of amides is 1. The van der Waals surface area contributed by atoms with Crippen molar-refractivity contribution in [3.63, 3.8) is 0 Å². The number of carbonyl (C=O) groups excluding carboxylic acids is 1. The molecule has 1 rings (SSSR count). The fourth-order valence-electron chi connectivity index (χ4n) is 1.47. The molecule has 1 aromatic carbocycles. The smallest absolute Gasteiger partial charge is 0.261 e. The van der Waals surface area contributed by atoms with E-state index in [9.17, 15) is 13.2 Å². The van der Waals surface area contributed by atoms with Crippen LogP contribution in [0.1, 0.15) is 25.8 Å². The average molecular weight is 290 g/mol. The van der Waals surface area contributed by atoms with Gasteiger partial charge in [-0.2, -0.15) is 0 Å². The van der Waals surface area contributed by atoms with Crippen LogP contribution in [-0.2, 0) is 20.3 Å². The first kappa shape index (κ1) is 15.0. The molecule has 4 nitrogen and oxygen atoms in total. The van der Waals surface area contributed by atoms with Crippen LogP contribution in [0.2, 0.25) is 0 Å². The Bertz CT molecular complexity index is 509. The predicted molar refractivity (Wildman–Crippen MR) is 71.1 cm³/mol. The molecular formula is C12H16ClNO3S. The van der Waals surface area contributed by atoms with Gasteiger partial charge in [-0.25, -0.2) is 8.42 Å². The van der Waals surface area contributed by atoms with Gasteiger partial charge >= 0.3 is 0 Å². The van der Waals surface area contributed by atoms with Gasteiger partial charge in [0, 0.05) is 23.1 Å². The Morgan fingerprint density at radius 3 is 2.28 bits per heavy atom. The molecule has 6 heteroatoms. The maximum Gasteiger partial charge on any atom is 0.261 e. The van der Waals surface area contributed by atoms with E-state index in [0.717, 1.165) is 5.56 Å². The number of carbonyl (C=O) groups is 1. The van der Waals surface area contributed by atoms with E-state index in [1.54, 1.807) is 12.1 Å². The zero-order chi connectivity index (χ0) is 13.8. The highest BCUT2D eigenvalue weighted by Gasteiger charge is 2.09. The van der Waals surface area contributed by atoms with Crippen molar-refractivity contribution < 1.29 is 13.2 Å². The summed E-state index contributed by atoms with van der Waals surface area (Å²) < 4.78 is 22.1. The maximum atomic E-state index is 11.4. The van der Waals surface area contributed by atoms with E-state index in [4.69, 9.17) is 10.7 Å². The molecule has 1 aromatic rings. The molecule has 0 bridgehead atoms. The lowest BCUT2D eigenvalue weighted by Crippen LogP contribution is -2.30. The van der Waals surface area contributed by atoms with Crippen molar-refractivity contribution >= 4 is 25.6 Å². The van der Waals surface area contributed by atoms with Crippen molar-refractivity contribution in [2.45, 2.75) is 37.6 Å². The van der Waals surface area contributed by atoms with Crippen molar-refractivity contribution in [3.05, 3.63) is 29.8 Å². The maximum absolute atomic E-state index is 11.4. The lowest BCUT2D eigenvalue weighted by Gasteiger charge is -2.08. The Kier molecular flexibility index (Phi) is 5.16. The summed E-state index contributed by atoms with van der Waals surface area (Å²) in [5, 5.41) is 2.79. The van der Waals surface area contributed by atoms with Crippen molar-refractivity contribution in [1.82, 2.24) is 5.32 Å². The van der Waals surface area contributed by atoms with Gasteiger partial charge in [0.15, 0.2) is 0 Å². The molecule has 0 fully saturated rings. The molecule has 0 unspecified atom stereocenters. The highest BCUT2D eigenvalue weighted by atomic mass is 35.7. The molecule has 0 aliphatic carbocycles. The fraction of sp³-hybridized carbons (Fsp3) is 0.417. The zero-order valence-electron chi connectivity index (χ0n) is 10.3. The van der Waals surface area contributed by atoms with Gasteiger partial charge in [-0.3, -0.25) is 4.79 Å². The number of hydrogen-bond donors (Lipinski definition) is 1. The molecule has 0 atom stereocenters. The zero-order valence-corrected chi connectivity index (χ0v) is 11.9. The molecule has 1 N–H and O–H groups in total. The van der Waals surface area contributed by atoms with Crippen LogP contribution in [0.15, 0.2) is 29.2 Å². The Morgan fingerprint density at radius 1 is 1.28 bits per heavy atom. The summed E-state index contributed by atoms with van der Waals surface area (Å²) >= 11 is 0. The largest absolute Gasteiger partial charge is 0.354 e. The third-order valence-electron chi connectivity index (χ3n) is 2.30. The van der Waals surface area contributed by atoms with Crippen LogP contribution in [0.25, 0.3) is 0 Å². The minimum Gasteiger partial charge on any atom is -0.354 e. The molecule has 0 saturated heterocycles. The van der Waals surface area contributed by atoms with E-state index < -0.39 is 9.05 Å². The van der Waals surface area contributed by atoms with Crippen molar-refractivity contribution in [1.29, 1.82) is 0 Å². The first-order valence-electron chi connectivity index (χ1n) is 5.62. The lowest BCUT2D eigenvalue weighted by molar-refractivity contribution is -0.121. The van der Waals surface area contributed by atoms with Gasteiger partial charge in [-0.1, -0.05) is 12.1 Å². The van der Waals surface area contributed by atoms with E-state index in [0.29, 0.717) is 12.8 Å². The van der Waals surface area contributed by atoms with Crippen LogP contribution in [0.3, 0.4) is 0 Å². The summed E-state index contributed by atoms with van der Waals surface area (Å²) in [6.07, 6.45) is 0.951. The van der Waals surface area contributed by atoms with Gasteiger partial charge < -0.3 is 5.32 Å². The number of aryl methyl sites for hydroxylation is 1. The fourth-order valence-corrected chi connectivity index (χ4v) is 2.24. The molecule has 18 heavy (non-hydrogen) atoms. The van der Waals surface area contributed by atoms with Crippen LogP contribution in [0.5, 0.6) is 0 Å². The van der Waals surface area contributed by atoms with Crippen LogP contribution in [0, 0.1) is 0 Å². The standard InChI is InChI=1S/C12H16ClNO3S/c1-9(2)14-12(15)8-5-10-3-6-11(7-4-10)18(13,16)17/h3-4,6-7,9H,5,8H2,1-2H3,(H,14,15). The summed E-state index contributed by atoms with van der Waals surface area (Å²) in [5.41, 5.74) is 0.901. The number of hydrogen-bond acceptors (Lipinski definition) is 3. The van der Waals surface area contributed by atoms with Crippen LogP contribution in [0.4, 0.5) is 0 Å². The SMILES string of the molecule is CC(C)NC(=O)CCc1ccc(S(=O)(=O)Cl)cc1. The van der Waals surface area contributed by atoms with E-state index in [1.807, 2.05) is 13.8 Å². The summed E-state index contributed by atoms with van der Waals surface area (Å²) in [4.78, 5) is 11.5. The third kappa shape index (κ3) is 5.06. The van der Waals surface area contributed by atoms with Crippen molar-refractivity contribution in [2.75, 3.05) is 0 Å². The van der Waals surface area contributed by atoms with Gasteiger partial charge in [-0.15, -0.1) is 0 Å². The number of nitrogens with one attached hydrogen (secondary N) is 1. The summed E-state index contributed by atoms with van der Waals surface area (Å²) in [5.74, 6) is -0.0148. The van der Waals surface area contributed by atoms with E-state index >= 15 is 0 Å². The van der Waals surface area contributed by atoms with Crippen LogP contribution in [-0.4, -0.2) is 20.4 Å². The van der Waals surface area contributed by atoms with Crippen LogP contribution >= 0.6 is 10.7 Å².